The van der Waals surface area contributed by atoms with Crippen molar-refractivity contribution in [2.45, 2.75) is 56.7 Å². The number of esters is 1. The molecule has 1 saturated carbocycles. The van der Waals surface area contributed by atoms with Crippen molar-refractivity contribution in [1.82, 2.24) is 0 Å². The molecule has 3 atom stereocenters. The van der Waals surface area contributed by atoms with E-state index in [0.29, 0.717) is 0 Å². The fourth-order valence-corrected chi connectivity index (χ4v) is 2.89. The monoisotopic (exact) mass is 306 g/mol. The van der Waals surface area contributed by atoms with E-state index in [-0.39, 0.29) is 12.0 Å². The molecule has 0 saturated heterocycles. The van der Waals surface area contributed by atoms with E-state index in [1.807, 2.05) is 30.3 Å². The molecule has 0 aromatic heterocycles. The molecule has 1 aliphatic rings. The van der Waals surface area contributed by atoms with Gasteiger partial charge in [0.25, 0.3) is 0 Å². The summed E-state index contributed by atoms with van der Waals surface area (Å²) in [5, 5.41) is 18.5. The quantitative estimate of drug-likeness (QED) is 0.816. The molecule has 0 radical (unpaired) electrons. The van der Waals surface area contributed by atoms with Gasteiger partial charge < -0.3 is 14.9 Å². The minimum absolute atomic E-state index is 0.133. The Morgan fingerprint density at radius 2 is 1.86 bits per heavy atom. The summed E-state index contributed by atoms with van der Waals surface area (Å²) in [6.07, 6.45) is 2.98. The first kappa shape index (κ1) is 16.5. The molecule has 1 fully saturated rings. The highest BCUT2D eigenvalue weighted by atomic mass is 16.5. The van der Waals surface area contributed by atoms with E-state index in [9.17, 15) is 14.7 Å². The lowest BCUT2D eigenvalue weighted by atomic mass is 9.81. The summed E-state index contributed by atoms with van der Waals surface area (Å²) in [4.78, 5) is 22.8. The van der Waals surface area contributed by atoms with Gasteiger partial charge in [-0.25, -0.2) is 4.79 Å². The van der Waals surface area contributed by atoms with Crippen LogP contribution in [0.5, 0.6) is 0 Å². The molecule has 1 aromatic carbocycles. The van der Waals surface area contributed by atoms with Crippen LogP contribution in [0.4, 0.5) is 0 Å². The molecule has 0 amide bonds. The Balaban J connectivity index is 2.03. The van der Waals surface area contributed by atoms with Crippen LogP contribution in [0.15, 0.2) is 30.3 Å². The summed E-state index contributed by atoms with van der Waals surface area (Å²) in [5.74, 6) is -1.96. The third kappa shape index (κ3) is 4.07. The van der Waals surface area contributed by atoms with Gasteiger partial charge in [-0.2, -0.15) is 0 Å². The maximum absolute atomic E-state index is 12.0. The third-order valence-electron chi connectivity index (χ3n) is 4.16. The van der Waals surface area contributed by atoms with Gasteiger partial charge in [-0.15, -0.1) is 0 Å². The highest BCUT2D eigenvalue weighted by Gasteiger charge is 2.36. The Hall–Kier alpha value is -1.88. The second-order valence-electron chi connectivity index (χ2n) is 6.09. The van der Waals surface area contributed by atoms with E-state index >= 15 is 0 Å². The molecule has 5 heteroatoms. The number of aliphatic carboxylic acids is 1. The normalized spacial score (nSPS) is 24.3. The van der Waals surface area contributed by atoms with Crippen LogP contribution in [0, 0.1) is 0 Å². The van der Waals surface area contributed by atoms with E-state index in [2.05, 4.69) is 0 Å². The van der Waals surface area contributed by atoms with Crippen molar-refractivity contribution in [3.8, 4) is 0 Å². The summed E-state index contributed by atoms with van der Waals surface area (Å²) in [6.45, 7) is 1.10. The van der Waals surface area contributed by atoms with Crippen molar-refractivity contribution in [3.05, 3.63) is 35.9 Å². The van der Waals surface area contributed by atoms with Gasteiger partial charge in [0.15, 0.2) is 5.60 Å². The number of ether oxygens (including phenoxy) is 1. The van der Waals surface area contributed by atoms with Gasteiger partial charge in [-0.1, -0.05) is 36.8 Å². The maximum Gasteiger partial charge on any atom is 0.335 e. The van der Waals surface area contributed by atoms with E-state index in [4.69, 9.17) is 9.84 Å². The molecule has 22 heavy (non-hydrogen) atoms. The zero-order chi connectivity index (χ0) is 16.2. The Kier molecular flexibility index (Phi) is 5.19. The summed E-state index contributed by atoms with van der Waals surface area (Å²) in [5.41, 5.74) is -0.960. The minimum atomic E-state index is -2.09. The Morgan fingerprint density at radius 3 is 2.50 bits per heavy atom. The van der Waals surface area contributed by atoms with Gasteiger partial charge >= 0.3 is 11.9 Å². The largest absolute Gasteiger partial charge is 0.479 e. The molecule has 2 N–H and O–H groups in total. The Bertz CT molecular complexity index is 523. The first-order valence-electron chi connectivity index (χ1n) is 7.60. The average molecular weight is 306 g/mol. The van der Waals surface area contributed by atoms with E-state index < -0.39 is 24.0 Å². The highest BCUT2D eigenvalue weighted by Crippen LogP contribution is 2.35. The number of carbonyl (C=O) groups excluding carboxylic acids is 1. The van der Waals surface area contributed by atoms with Crippen molar-refractivity contribution in [2.24, 2.45) is 0 Å². The predicted molar refractivity (Wildman–Crippen MR) is 80.4 cm³/mol. The summed E-state index contributed by atoms with van der Waals surface area (Å²) < 4.78 is 5.48. The van der Waals surface area contributed by atoms with Crippen LogP contribution in [0.25, 0.3) is 0 Å². The molecule has 0 unspecified atom stereocenters. The minimum Gasteiger partial charge on any atom is -0.479 e. The van der Waals surface area contributed by atoms with Crippen LogP contribution in [0.2, 0.25) is 0 Å². The van der Waals surface area contributed by atoms with Crippen molar-refractivity contribution >= 4 is 11.9 Å². The Labute approximate surface area is 129 Å². The molecular weight excluding hydrogens is 284 g/mol. The predicted octanol–water partition coefficient (Wildman–Crippen LogP) is 2.48. The van der Waals surface area contributed by atoms with Crippen LogP contribution in [0.3, 0.4) is 0 Å². The molecule has 0 bridgehead atoms. The van der Waals surface area contributed by atoms with Gasteiger partial charge in [-0.05, 0) is 31.7 Å². The smallest absolute Gasteiger partial charge is 0.335 e. The highest BCUT2D eigenvalue weighted by molar-refractivity contribution is 5.83. The number of carboxylic acids is 1. The molecular formula is C17H22O5. The molecule has 0 spiro atoms. The van der Waals surface area contributed by atoms with Crippen LogP contribution in [-0.4, -0.2) is 33.9 Å². The lowest BCUT2D eigenvalue weighted by Gasteiger charge is -2.32. The maximum atomic E-state index is 12.0. The standard InChI is InChI=1S/C17H22O5/c1-17(21,16(19)20)11-15(18)22-14-10-6-5-9-13(14)12-7-3-2-4-8-12/h2-4,7-8,13-14,21H,5-6,9-11H2,1H3,(H,19,20)/t13-,14+,17-/m0/s1. The van der Waals surface area contributed by atoms with Crippen molar-refractivity contribution < 1.29 is 24.5 Å². The first-order chi connectivity index (χ1) is 10.4. The van der Waals surface area contributed by atoms with Gasteiger partial charge in [-0.3, -0.25) is 4.79 Å². The average Bonchev–Trinajstić information content (AvgIpc) is 2.48. The molecule has 2 rings (SSSR count). The lowest BCUT2D eigenvalue weighted by molar-refractivity contribution is -0.168. The van der Waals surface area contributed by atoms with Crippen molar-refractivity contribution in [3.63, 3.8) is 0 Å². The van der Waals surface area contributed by atoms with Crippen molar-refractivity contribution in [2.75, 3.05) is 0 Å². The molecule has 120 valence electrons. The summed E-state index contributed by atoms with van der Waals surface area (Å²) in [7, 11) is 0. The van der Waals surface area contributed by atoms with Crippen LogP contribution < -0.4 is 0 Å². The first-order valence-corrected chi connectivity index (χ1v) is 7.60. The zero-order valence-corrected chi connectivity index (χ0v) is 12.7. The van der Waals surface area contributed by atoms with Gasteiger partial charge in [0, 0.05) is 5.92 Å². The number of aliphatic hydroxyl groups is 1. The van der Waals surface area contributed by atoms with Gasteiger partial charge in [0.05, 0.1) is 6.42 Å². The second kappa shape index (κ2) is 6.92. The molecule has 0 aliphatic heterocycles. The van der Waals surface area contributed by atoms with Gasteiger partial charge in [0.2, 0.25) is 0 Å². The van der Waals surface area contributed by atoms with Crippen LogP contribution >= 0.6 is 0 Å². The molecule has 0 heterocycles. The topological polar surface area (TPSA) is 83.8 Å². The molecule has 1 aromatic rings. The molecule has 5 nitrogen and oxygen atoms in total. The fourth-order valence-electron chi connectivity index (χ4n) is 2.89. The zero-order valence-electron chi connectivity index (χ0n) is 12.7. The van der Waals surface area contributed by atoms with Crippen LogP contribution in [0.1, 0.15) is 50.5 Å². The van der Waals surface area contributed by atoms with Crippen LogP contribution in [-0.2, 0) is 14.3 Å². The van der Waals surface area contributed by atoms with E-state index in [0.717, 1.165) is 38.2 Å². The SMILES string of the molecule is C[C@](O)(CC(=O)O[C@@H]1CCCC[C@H]1c1ccccc1)C(=O)O. The van der Waals surface area contributed by atoms with Gasteiger partial charge in [0.1, 0.15) is 6.10 Å². The second-order valence-corrected chi connectivity index (χ2v) is 6.09. The van der Waals surface area contributed by atoms with E-state index in [1.165, 1.54) is 0 Å². The summed E-state index contributed by atoms with van der Waals surface area (Å²) >= 11 is 0. The Morgan fingerprint density at radius 1 is 1.23 bits per heavy atom. The fraction of sp³-hybridized carbons (Fsp3) is 0.529. The number of hydrogen-bond acceptors (Lipinski definition) is 4. The number of rotatable bonds is 5. The molecule has 1 aliphatic carbocycles. The third-order valence-corrected chi connectivity index (χ3v) is 4.16. The number of benzene rings is 1. The lowest BCUT2D eigenvalue weighted by Crippen LogP contribution is -2.39. The summed E-state index contributed by atoms with van der Waals surface area (Å²) in [6, 6.07) is 9.89. The van der Waals surface area contributed by atoms with E-state index in [1.54, 1.807) is 0 Å². The number of hydrogen-bond donors (Lipinski definition) is 2. The number of carboxylic acid groups (broad SMARTS) is 1. The number of carbonyl (C=O) groups is 2. The van der Waals surface area contributed by atoms with Crippen molar-refractivity contribution in [1.29, 1.82) is 0 Å².